The van der Waals surface area contributed by atoms with Gasteiger partial charge < -0.3 is 10.4 Å². The number of hydrogen-bond donors (Lipinski definition) is 3. The average molecular weight is 164 g/mol. The molecule has 0 aromatic carbocycles. The van der Waals surface area contributed by atoms with Crippen molar-refractivity contribution >= 4 is 22.9 Å². The minimum Gasteiger partial charge on any atom is -0.465 e. The normalized spacial score (nSPS) is 7.10. The van der Waals surface area contributed by atoms with Crippen LogP contribution in [-0.2, 0) is 0 Å². The van der Waals surface area contributed by atoms with Crippen molar-refractivity contribution in [2.45, 2.75) is 6.92 Å². The molecule has 10 heavy (non-hydrogen) atoms. The van der Waals surface area contributed by atoms with Crippen molar-refractivity contribution in [1.82, 2.24) is 5.32 Å². The van der Waals surface area contributed by atoms with E-state index >= 15 is 0 Å². The molecule has 0 aliphatic rings. The van der Waals surface area contributed by atoms with Gasteiger partial charge in [-0.1, -0.05) is 0 Å². The molecule has 0 fully saturated rings. The maximum absolute atomic E-state index is 9.26. The van der Waals surface area contributed by atoms with E-state index in [1.165, 1.54) is 18.8 Å². The van der Waals surface area contributed by atoms with Gasteiger partial charge in [-0.15, -0.1) is 11.8 Å². The zero-order valence-corrected chi connectivity index (χ0v) is 7.08. The SMILES string of the molecule is CNC(=O)O.CSC(C)=N. The van der Waals surface area contributed by atoms with Crippen molar-refractivity contribution in [3.05, 3.63) is 0 Å². The fraction of sp³-hybridized carbons (Fsp3) is 0.600. The lowest BCUT2D eigenvalue weighted by atomic mass is 10.9. The topological polar surface area (TPSA) is 73.2 Å². The van der Waals surface area contributed by atoms with E-state index in [1.807, 2.05) is 11.6 Å². The summed E-state index contributed by atoms with van der Waals surface area (Å²) in [5, 5.41) is 16.9. The van der Waals surface area contributed by atoms with Gasteiger partial charge in [-0.25, -0.2) is 4.79 Å². The Morgan fingerprint density at radius 1 is 1.70 bits per heavy atom. The second-order valence-electron chi connectivity index (χ2n) is 1.32. The molecule has 0 bridgehead atoms. The molecule has 0 aromatic heterocycles. The van der Waals surface area contributed by atoms with Crippen LogP contribution in [0.4, 0.5) is 4.79 Å². The summed E-state index contributed by atoms with van der Waals surface area (Å²) in [6.07, 6.45) is 0.896. The zero-order chi connectivity index (χ0) is 8.57. The van der Waals surface area contributed by atoms with Crippen LogP contribution in [0.3, 0.4) is 0 Å². The molecule has 0 radical (unpaired) electrons. The molecule has 0 atom stereocenters. The van der Waals surface area contributed by atoms with Crippen LogP contribution in [0.2, 0.25) is 0 Å². The van der Waals surface area contributed by atoms with Gasteiger partial charge in [-0.05, 0) is 13.2 Å². The fourth-order valence-corrected chi connectivity index (χ4v) is 0. The summed E-state index contributed by atoms with van der Waals surface area (Å²) in [7, 11) is 1.35. The van der Waals surface area contributed by atoms with Crippen molar-refractivity contribution in [2.75, 3.05) is 13.3 Å². The largest absolute Gasteiger partial charge is 0.465 e. The fourth-order valence-electron chi connectivity index (χ4n) is 0. The maximum atomic E-state index is 9.26. The molecule has 0 spiro atoms. The van der Waals surface area contributed by atoms with Gasteiger partial charge in [0.15, 0.2) is 0 Å². The summed E-state index contributed by atoms with van der Waals surface area (Å²) in [6.45, 7) is 1.77. The van der Waals surface area contributed by atoms with Crippen LogP contribution in [0, 0.1) is 5.41 Å². The number of carbonyl (C=O) groups is 1. The number of rotatable bonds is 0. The molecule has 3 N–H and O–H groups in total. The van der Waals surface area contributed by atoms with E-state index in [0.29, 0.717) is 5.04 Å². The molecule has 0 saturated heterocycles. The van der Waals surface area contributed by atoms with Gasteiger partial charge in [0.05, 0.1) is 5.04 Å². The third-order valence-corrected chi connectivity index (χ3v) is 1.13. The smallest absolute Gasteiger partial charge is 0.404 e. The van der Waals surface area contributed by atoms with Crippen molar-refractivity contribution in [3.63, 3.8) is 0 Å². The van der Waals surface area contributed by atoms with E-state index in [-0.39, 0.29) is 0 Å². The van der Waals surface area contributed by atoms with E-state index < -0.39 is 6.09 Å². The van der Waals surface area contributed by atoms with Gasteiger partial charge in [0, 0.05) is 7.05 Å². The highest BCUT2D eigenvalue weighted by Gasteiger charge is 1.76. The van der Waals surface area contributed by atoms with Crippen LogP contribution in [-0.4, -0.2) is 29.5 Å². The first-order valence-corrected chi connectivity index (χ1v) is 3.76. The van der Waals surface area contributed by atoms with Gasteiger partial charge in [0.1, 0.15) is 0 Å². The third kappa shape index (κ3) is 26.6. The summed E-state index contributed by atoms with van der Waals surface area (Å²) in [5.41, 5.74) is 0. The van der Waals surface area contributed by atoms with E-state index in [0.717, 1.165) is 0 Å². The summed E-state index contributed by atoms with van der Waals surface area (Å²) in [5.74, 6) is 0. The zero-order valence-electron chi connectivity index (χ0n) is 6.26. The van der Waals surface area contributed by atoms with Crippen molar-refractivity contribution in [1.29, 1.82) is 5.41 Å². The molecule has 4 nitrogen and oxygen atoms in total. The van der Waals surface area contributed by atoms with Crippen LogP contribution in [0.25, 0.3) is 0 Å². The van der Waals surface area contributed by atoms with E-state index in [9.17, 15) is 4.79 Å². The predicted octanol–water partition coefficient (Wildman–Crippen LogP) is 1.23. The summed E-state index contributed by atoms with van der Waals surface area (Å²) < 4.78 is 0. The minimum absolute atomic E-state index is 0.671. The molecule has 0 aliphatic carbocycles. The highest BCUT2D eigenvalue weighted by molar-refractivity contribution is 8.13. The van der Waals surface area contributed by atoms with E-state index in [1.54, 1.807) is 6.92 Å². The lowest BCUT2D eigenvalue weighted by Crippen LogP contribution is -2.13. The molecule has 0 rings (SSSR count). The first-order chi connectivity index (χ1) is 4.54. The van der Waals surface area contributed by atoms with Crippen LogP contribution in [0.15, 0.2) is 0 Å². The van der Waals surface area contributed by atoms with Gasteiger partial charge in [-0.3, -0.25) is 5.41 Å². The Labute approximate surface area is 64.5 Å². The van der Waals surface area contributed by atoms with Crippen molar-refractivity contribution in [2.24, 2.45) is 0 Å². The van der Waals surface area contributed by atoms with Crippen LogP contribution in [0.1, 0.15) is 6.92 Å². The van der Waals surface area contributed by atoms with Crippen LogP contribution in [0.5, 0.6) is 0 Å². The molecular formula is C5H12N2O2S. The molecule has 0 saturated carbocycles. The van der Waals surface area contributed by atoms with Gasteiger partial charge >= 0.3 is 6.09 Å². The Balaban J connectivity index is 0. The van der Waals surface area contributed by atoms with Gasteiger partial charge in [0.2, 0.25) is 0 Å². The summed E-state index contributed by atoms with van der Waals surface area (Å²) in [4.78, 5) is 9.26. The van der Waals surface area contributed by atoms with Crippen LogP contribution >= 0.6 is 11.8 Å². The first kappa shape index (κ1) is 12.0. The standard InChI is InChI=1S/C3H7NS.C2H5NO2/c1-3(4)5-2;1-3-2(4)5/h4H,1-2H3;3H,1H3,(H,4,5). The number of thioether (sulfide) groups is 1. The third-order valence-electron chi connectivity index (χ3n) is 0.520. The Morgan fingerprint density at radius 3 is 1.90 bits per heavy atom. The number of hydrogen-bond acceptors (Lipinski definition) is 3. The second-order valence-corrected chi connectivity index (χ2v) is 2.34. The quantitative estimate of drug-likeness (QED) is 0.372. The van der Waals surface area contributed by atoms with E-state index in [4.69, 9.17) is 10.5 Å². The Bertz CT molecular complexity index is 102. The predicted molar refractivity (Wildman–Crippen MR) is 44.0 cm³/mol. The Hall–Kier alpha value is -0.710. The molecule has 1 amide bonds. The van der Waals surface area contributed by atoms with Crippen molar-refractivity contribution in [3.8, 4) is 0 Å². The molecule has 60 valence electrons. The Morgan fingerprint density at radius 2 is 1.90 bits per heavy atom. The second kappa shape index (κ2) is 8.29. The van der Waals surface area contributed by atoms with Crippen molar-refractivity contribution < 1.29 is 9.90 Å². The maximum Gasteiger partial charge on any atom is 0.404 e. The molecule has 5 heteroatoms. The highest BCUT2D eigenvalue weighted by Crippen LogP contribution is 1.89. The van der Waals surface area contributed by atoms with Crippen LogP contribution < -0.4 is 5.32 Å². The van der Waals surface area contributed by atoms with Gasteiger partial charge in [0.25, 0.3) is 0 Å². The number of carboxylic acid groups (broad SMARTS) is 1. The highest BCUT2D eigenvalue weighted by atomic mass is 32.2. The average Bonchev–Trinajstić information content (AvgIpc) is 1.89. The molecule has 0 aliphatic heterocycles. The summed E-state index contributed by atoms with van der Waals surface area (Å²) >= 11 is 1.46. The minimum atomic E-state index is -0.995. The first-order valence-electron chi connectivity index (χ1n) is 2.54. The van der Waals surface area contributed by atoms with Gasteiger partial charge in [-0.2, -0.15) is 0 Å². The lowest BCUT2D eigenvalue weighted by Gasteiger charge is -1.78. The lowest BCUT2D eigenvalue weighted by molar-refractivity contribution is 0.197. The molecular weight excluding hydrogens is 152 g/mol. The van der Waals surface area contributed by atoms with E-state index in [2.05, 4.69) is 0 Å². The monoisotopic (exact) mass is 164 g/mol. The summed E-state index contributed by atoms with van der Waals surface area (Å²) in [6, 6.07) is 0. The molecule has 0 aromatic rings. The number of nitrogens with one attached hydrogen (secondary N) is 2. The molecule has 0 unspecified atom stereocenters. The molecule has 0 heterocycles. The number of amides is 1. The Kier molecular flexibility index (Phi) is 9.96.